The van der Waals surface area contributed by atoms with Gasteiger partial charge in [-0.05, 0) is 83.5 Å². The summed E-state index contributed by atoms with van der Waals surface area (Å²) in [6.45, 7) is 7.90. The molecular weight excluding hydrogens is 370 g/mol. The average molecular weight is 406 g/mol. The Morgan fingerprint density at radius 2 is 1.89 bits per heavy atom. The van der Waals surface area contributed by atoms with E-state index in [1.807, 2.05) is 25.2 Å². The van der Waals surface area contributed by atoms with Crippen LogP contribution in [0.1, 0.15) is 50.6 Å². The predicted octanol–water partition coefficient (Wildman–Crippen LogP) is 3.52. The molecule has 2 saturated heterocycles. The second-order valence-electron chi connectivity index (χ2n) is 8.42. The highest BCUT2D eigenvalue weighted by Gasteiger charge is 2.39. The predicted molar refractivity (Wildman–Crippen MR) is 119 cm³/mol. The van der Waals surface area contributed by atoms with Gasteiger partial charge in [-0.25, -0.2) is 0 Å². The van der Waals surface area contributed by atoms with Crippen molar-refractivity contribution in [1.82, 2.24) is 20.4 Å². The minimum atomic E-state index is 0.147. The van der Waals surface area contributed by atoms with Crippen LogP contribution in [0, 0.1) is 0 Å². The van der Waals surface area contributed by atoms with Crippen molar-refractivity contribution in [2.75, 3.05) is 46.8 Å². The van der Waals surface area contributed by atoms with Gasteiger partial charge in [-0.3, -0.25) is 9.89 Å². The van der Waals surface area contributed by atoms with Gasteiger partial charge < -0.3 is 15.5 Å². The summed E-state index contributed by atoms with van der Waals surface area (Å²) in [5.41, 5.74) is 1.41. The SMILES string of the molecule is CN=C(NCC1(N2CCCCC2)CCN(C)CC1)NC(C)c1cccc(Cl)c1. The number of hydrogen-bond acceptors (Lipinski definition) is 3. The molecule has 6 heteroatoms. The van der Waals surface area contributed by atoms with Crippen LogP contribution in [0.15, 0.2) is 29.3 Å². The highest BCUT2D eigenvalue weighted by atomic mass is 35.5. The lowest BCUT2D eigenvalue weighted by Gasteiger charge is -2.50. The van der Waals surface area contributed by atoms with Gasteiger partial charge in [-0.15, -0.1) is 0 Å². The molecule has 0 aliphatic carbocycles. The largest absolute Gasteiger partial charge is 0.355 e. The second-order valence-corrected chi connectivity index (χ2v) is 8.86. The number of nitrogens with zero attached hydrogens (tertiary/aromatic N) is 3. The number of hydrogen-bond donors (Lipinski definition) is 2. The van der Waals surface area contributed by atoms with E-state index in [1.165, 1.54) is 63.8 Å². The quantitative estimate of drug-likeness (QED) is 0.581. The zero-order valence-electron chi connectivity index (χ0n) is 17.7. The Morgan fingerprint density at radius 3 is 2.54 bits per heavy atom. The Hall–Kier alpha value is -1.30. The van der Waals surface area contributed by atoms with Crippen LogP contribution in [0.5, 0.6) is 0 Å². The van der Waals surface area contributed by atoms with Crippen molar-refractivity contribution in [3.8, 4) is 0 Å². The summed E-state index contributed by atoms with van der Waals surface area (Å²) in [5.74, 6) is 0.864. The molecular formula is C22H36ClN5. The van der Waals surface area contributed by atoms with Crippen LogP contribution in [0.25, 0.3) is 0 Å². The lowest BCUT2D eigenvalue weighted by Crippen LogP contribution is -2.62. The molecule has 0 aromatic heterocycles. The monoisotopic (exact) mass is 405 g/mol. The summed E-state index contributed by atoms with van der Waals surface area (Å²) in [4.78, 5) is 9.69. The molecule has 2 fully saturated rings. The van der Waals surface area contributed by atoms with E-state index < -0.39 is 0 Å². The van der Waals surface area contributed by atoms with Crippen molar-refractivity contribution < 1.29 is 0 Å². The number of guanidine groups is 1. The molecule has 1 atom stereocenters. The minimum Gasteiger partial charge on any atom is -0.355 e. The number of halogens is 1. The highest BCUT2D eigenvalue weighted by Crippen LogP contribution is 2.31. The van der Waals surface area contributed by atoms with Crippen LogP contribution in [0.2, 0.25) is 5.02 Å². The van der Waals surface area contributed by atoms with Gasteiger partial charge in [0, 0.05) is 24.2 Å². The van der Waals surface area contributed by atoms with Crippen molar-refractivity contribution in [3.05, 3.63) is 34.9 Å². The zero-order valence-corrected chi connectivity index (χ0v) is 18.4. The molecule has 0 amide bonds. The van der Waals surface area contributed by atoms with E-state index >= 15 is 0 Å². The van der Waals surface area contributed by atoms with E-state index in [4.69, 9.17) is 11.6 Å². The lowest BCUT2D eigenvalue weighted by molar-refractivity contribution is 0.0173. The van der Waals surface area contributed by atoms with E-state index in [1.54, 1.807) is 0 Å². The molecule has 1 unspecified atom stereocenters. The van der Waals surface area contributed by atoms with E-state index in [0.29, 0.717) is 0 Å². The molecule has 1 aromatic rings. The maximum Gasteiger partial charge on any atom is 0.191 e. The Labute approximate surface area is 175 Å². The Morgan fingerprint density at radius 1 is 1.18 bits per heavy atom. The molecule has 0 radical (unpaired) electrons. The molecule has 0 bridgehead atoms. The van der Waals surface area contributed by atoms with Gasteiger partial charge >= 0.3 is 0 Å². The number of nitrogens with one attached hydrogen (secondary N) is 2. The molecule has 2 heterocycles. The number of aliphatic imine (C=N–C) groups is 1. The topological polar surface area (TPSA) is 42.9 Å². The molecule has 28 heavy (non-hydrogen) atoms. The maximum absolute atomic E-state index is 6.15. The third kappa shape index (κ3) is 5.40. The minimum absolute atomic E-state index is 0.147. The van der Waals surface area contributed by atoms with Crippen LogP contribution in [0.3, 0.4) is 0 Å². The maximum atomic E-state index is 6.15. The Kier molecular flexibility index (Phi) is 7.61. The first-order valence-electron chi connectivity index (χ1n) is 10.7. The molecule has 2 aliphatic rings. The first kappa shape index (κ1) is 21.4. The Balaban J connectivity index is 1.63. The van der Waals surface area contributed by atoms with Crippen LogP contribution < -0.4 is 10.6 Å². The van der Waals surface area contributed by atoms with Crippen molar-refractivity contribution in [3.63, 3.8) is 0 Å². The van der Waals surface area contributed by atoms with Crippen molar-refractivity contribution in [2.24, 2.45) is 4.99 Å². The summed E-state index contributed by atoms with van der Waals surface area (Å²) in [5, 5.41) is 7.95. The first-order valence-corrected chi connectivity index (χ1v) is 11.1. The van der Waals surface area contributed by atoms with Gasteiger partial charge in [0.15, 0.2) is 5.96 Å². The van der Waals surface area contributed by atoms with Crippen molar-refractivity contribution >= 4 is 17.6 Å². The Bertz CT molecular complexity index is 648. The van der Waals surface area contributed by atoms with E-state index in [2.05, 4.69) is 45.5 Å². The van der Waals surface area contributed by atoms with Gasteiger partial charge in [0.25, 0.3) is 0 Å². The highest BCUT2D eigenvalue weighted by molar-refractivity contribution is 6.30. The molecule has 2 aliphatic heterocycles. The van der Waals surface area contributed by atoms with Crippen molar-refractivity contribution in [2.45, 2.75) is 50.6 Å². The van der Waals surface area contributed by atoms with Gasteiger partial charge in [0.05, 0.1) is 6.04 Å². The lowest BCUT2D eigenvalue weighted by atomic mass is 9.84. The number of piperidine rings is 2. The first-order chi connectivity index (χ1) is 13.5. The third-order valence-electron chi connectivity index (χ3n) is 6.46. The second kappa shape index (κ2) is 9.95. The molecule has 0 saturated carbocycles. The fourth-order valence-corrected chi connectivity index (χ4v) is 4.71. The van der Waals surface area contributed by atoms with E-state index in [0.717, 1.165) is 17.5 Å². The zero-order chi connectivity index (χ0) is 20.0. The molecule has 0 spiro atoms. The molecule has 5 nitrogen and oxygen atoms in total. The summed E-state index contributed by atoms with van der Waals surface area (Å²) >= 11 is 6.15. The van der Waals surface area contributed by atoms with E-state index in [9.17, 15) is 0 Å². The van der Waals surface area contributed by atoms with Crippen molar-refractivity contribution in [1.29, 1.82) is 0 Å². The van der Waals surface area contributed by atoms with Gasteiger partial charge in [-0.1, -0.05) is 30.2 Å². The van der Waals surface area contributed by atoms with Gasteiger partial charge in [0.1, 0.15) is 0 Å². The van der Waals surface area contributed by atoms with Gasteiger partial charge in [0.2, 0.25) is 0 Å². The van der Waals surface area contributed by atoms with Crippen LogP contribution in [-0.2, 0) is 0 Å². The molecule has 3 rings (SSSR count). The van der Waals surface area contributed by atoms with Crippen LogP contribution >= 0.6 is 11.6 Å². The summed E-state index contributed by atoms with van der Waals surface area (Å²) in [6, 6.07) is 8.17. The van der Waals surface area contributed by atoms with Gasteiger partial charge in [-0.2, -0.15) is 0 Å². The van der Waals surface area contributed by atoms with Crippen LogP contribution in [0.4, 0.5) is 0 Å². The number of rotatable bonds is 5. The fourth-order valence-electron chi connectivity index (χ4n) is 4.52. The number of likely N-dealkylation sites (tertiary alicyclic amines) is 2. The molecule has 1 aromatic carbocycles. The molecule has 156 valence electrons. The summed E-state index contributed by atoms with van der Waals surface area (Å²) in [6.07, 6.45) is 6.47. The molecule has 2 N–H and O–H groups in total. The standard InChI is InChI=1S/C22H36ClN5/c1-18(19-8-7-9-20(23)16-19)26-21(24-2)25-17-22(10-14-27(3)15-11-22)28-12-5-4-6-13-28/h7-9,16,18H,4-6,10-15,17H2,1-3H3,(H2,24,25,26). The third-order valence-corrected chi connectivity index (χ3v) is 6.69. The van der Waals surface area contributed by atoms with Crippen LogP contribution in [-0.4, -0.2) is 68.1 Å². The smallest absolute Gasteiger partial charge is 0.191 e. The average Bonchev–Trinajstić information content (AvgIpc) is 2.73. The normalized spacial score (nSPS) is 22.6. The van der Waals surface area contributed by atoms with E-state index in [-0.39, 0.29) is 11.6 Å². The fraction of sp³-hybridized carbons (Fsp3) is 0.682. The number of benzene rings is 1. The summed E-state index contributed by atoms with van der Waals surface area (Å²) in [7, 11) is 4.09. The summed E-state index contributed by atoms with van der Waals surface area (Å²) < 4.78 is 0.